The van der Waals surface area contributed by atoms with Gasteiger partial charge >= 0.3 is 0 Å². The Morgan fingerprint density at radius 2 is 1.61 bits per heavy atom. The van der Waals surface area contributed by atoms with E-state index in [1.165, 1.54) is 7.11 Å². The molecule has 0 aliphatic heterocycles. The molecule has 0 aliphatic carbocycles. The number of carbonyl (C=O) groups excluding carboxylic acids is 1. The minimum atomic E-state index is -0.471. The Kier molecular flexibility index (Phi) is 7.44. The van der Waals surface area contributed by atoms with Crippen LogP contribution in [-0.4, -0.2) is 33.8 Å². The van der Waals surface area contributed by atoms with Crippen molar-refractivity contribution >= 4 is 22.6 Å². The molecule has 0 saturated heterocycles. The molecule has 8 nitrogen and oxygen atoms in total. The van der Waals surface area contributed by atoms with Gasteiger partial charge in [-0.25, -0.2) is 0 Å². The van der Waals surface area contributed by atoms with Crippen molar-refractivity contribution in [1.82, 2.24) is 0 Å². The summed E-state index contributed by atoms with van der Waals surface area (Å²) in [6.45, 7) is 1.59. The van der Waals surface area contributed by atoms with Crippen LogP contribution < -0.4 is 29.7 Å². The van der Waals surface area contributed by atoms with Gasteiger partial charge in [0.25, 0.3) is 5.91 Å². The first-order chi connectivity index (χ1) is 17.5. The maximum Gasteiger partial charge on any atom is 0.262 e. The molecule has 1 heterocycles. The Labute approximate surface area is 208 Å². The zero-order chi connectivity index (χ0) is 25.7. The molecule has 4 rings (SSSR count). The lowest BCUT2D eigenvalue weighted by Gasteiger charge is -2.14. The predicted octanol–water partition coefficient (Wildman–Crippen LogP) is 5.07. The maximum absolute atomic E-state index is 13.5. The fourth-order valence-electron chi connectivity index (χ4n) is 3.73. The lowest BCUT2D eigenvalue weighted by Crippen LogP contribution is -2.23. The van der Waals surface area contributed by atoms with Crippen LogP contribution in [-0.2, 0) is 11.2 Å². The van der Waals surface area contributed by atoms with Crippen LogP contribution in [0.4, 0.5) is 5.69 Å². The third kappa shape index (κ3) is 5.12. The van der Waals surface area contributed by atoms with Gasteiger partial charge in [0.15, 0.2) is 12.4 Å². The summed E-state index contributed by atoms with van der Waals surface area (Å²) < 4.78 is 27.7. The molecule has 0 radical (unpaired) electrons. The molecule has 3 aromatic carbocycles. The van der Waals surface area contributed by atoms with Crippen molar-refractivity contribution in [1.29, 1.82) is 0 Å². The Bertz CT molecular complexity index is 1440. The van der Waals surface area contributed by atoms with Gasteiger partial charge in [0.2, 0.25) is 11.2 Å². The van der Waals surface area contributed by atoms with E-state index in [0.29, 0.717) is 39.5 Å². The van der Waals surface area contributed by atoms with Crippen LogP contribution >= 0.6 is 0 Å². The van der Waals surface area contributed by atoms with E-state index in [9.17, 15) is 9.59 Å². The summed E-state index contributed by atoms with van der Waals surface area (Å²) in [6.07, 6.45) is 0.762. The van der Waals surface area contributed by atoms with Crippen LogP contribution in [0.25, 0.3) is 22.3 Å². The van der Waals surface area contributed by atoms with Crippen molar-refractivity contribution in [2.45, 2.75) is 13.3 Å². The number of hydrogen-bond donors (Lipinski definition) is 1. The highest BCUT2D eigenvalue weighted by Crippen LogP contribution is 2.33. The second-order valence-electron chi connectivity index (χ2n) is 7.91. The molecule has 4 aromatic rings. The predicted molar refractivity (Wildman–Crippen MR) is 138 cm³/mol. The van der Waals surface area contributed by atoms with Crippen molar-refractivity contribution in [2.24, 2.45) is 0 Å². The lowest BCUT2D eigenvalue weighted by atomic mass is 10.1. The molecule has 0 atom stereocenters. The van der Waals surface area contributed by atoms with Gasteiger partial charge in [0, 0.05) is 11.6 Å². The maximum atomic E-state index is 13.5. The van der Waals surface area contributed by atoms with Crippen LogP contribution in [0.15, 0.2) is 69.9 Å². The van der Waals surface area contributed by atoms with E-state index in [-0.39, 0.29) is 16.9 Å². The zero-order valence-electron chi connectivity index (χ0n) is 20.5. The van der Waals surface area contributed by atoms with Gasteiger partial charge in [-0.15, -0.1) is 0 Å². The number of carbonyl (C=O) groups is 1. The molecule has 1 amide bonds. The molecule has 1 aromatic heterocycles. The van der Waals surface area contributed by atoms with Crippen LogP contribution in [0.3, 0.4) is 0 Å². The fourth-order valence-corrected chi connectivity index (χ4v) is 3.73. The Balaban J connectivity index is 1.67. The van der Waals surface area contributed by atoms with Gasteiger partial charge in [-0.2, -0.15) is 0 Å². The minimum Gasteiger partial charge on any atom is -0.497 e. The van der Waals surface area contributed by atoms with E-state index in [4.69, 9.17) is 23.4 Å². The van der Waals surface area contributed by atoms with Gasteiger partial charge in [-0.3, -0.25) is 9.59 Å². The molecule has 36 heavy (non-hydrogen) atoms. The molecule has 0 fully saturated rings. The Morgan fingerprint density at radius 3 is 2.28 bits per heavy atom. The van der Waals surface area contributed by atoms with Crippen molar-refractivity contribution < 1.29 is 28.2 Å². The molecular weight excluding hydrogens is 462 g/mol. The highest BCUT2D eigenvalue weighted by Gasteiger charge is 2.20. The molecule has 0 bridgehead atoms. The van der Waals surface area contributed by atoms with E-state index in [1.54, 1.807) is 68.8 Å². The number of benzene rings is 3. The molecule has 0 aliphatic rings. The van der Waals surface area contributed by atoms with Crippen molar-refractivity contribution in [3.05, 3.63) is 76.5 Å². The second kappa shape index (κ2) is 10.9. The van der Waals surface area contributed by atoms with E-state index in [0.717, 1.165) is 12.0 Å². The first-order valence-corrected chi connectivity index (χ1v) is 11.4. The highest BCUT2D eigenvalue weighted by molar-refractivity contribution is 5.93. The third-order valence-corrected chi connectivity index (χ3v) is 5.70. The quantitative estimate of drug-likeness (QED) is 0.351. The van der Waals surface area contributed by atoms with Crippen LogP contribution in [0.5, 0.6) is 23.0 Å². The van der Waals surface area contributed by atoms with Gasteiger partial charge in [0.05, 0.1) is 32.4 Å². The van der Waals surface area contributed by atoms with Crippen LogP contribution in [0.1, 0.15) is 12.5 Å². The largest absolute Gasteiger partial charge is 0.497 e. The molecule has 8 heteroatoms. The zero-order valence-corrected chi connectivity index (χ0v) is 20.5. The number of anilines is 1. The number of aryl methyl sites for hydroxylation is 1. The smallest absolute Gasteiger partial charge is 0.262 e. The van der Waals surface area contributed by atoms with Gasteiger partial charge in [-0.1, -0.05) is 13.0 Å². The van der Waals surface area contributed by atoms with Crippen LogP contribution in [0.2, 0.25) is 0 Å². The molecule has 1 N–H and O–H groups in total. The monoisotopic (exact) mass is 489 g/mol. The minimum absolute atomic E-state index is 0.0437. The number of ether oxygens (including phenoxy) is 4. The SMILES string of the molecule is CCc1ccc2oc(-c3ccc(OC)cc3)c(OCC(=O)Nc3ccc(OC)cc3OC)c(=O)c2c1. The standard InChI is InChI=1S/C28H27NO7/c1-5-17-6-13-23-21(14-17)26(31)28(27(36-23)18-7-9-19(32-2)10-8-18)35-16-25(30)29-22-12-11-20(33-3)15-24(22)34-4/h6-15H,5,16H2,1-4H3,(H,29,30). The van der Waals surface area contributed by atoms with E-state index in [2.05, 4.69) is 5.32 Å². The van der Waals surface area contributed by atoms with E-state index >= 15 is 0 Å². The number of hydrogen-bond acceptors (Lipinski definition) is 7. The third-order valence-electron chi connectivity index (χ3n) is 5.70. The molecule has 0 unspecified atom stereocenters. The first-order valence-electron chi connectivity index (χ1n) is 11.4. The lowest BCUT2D eigenvalue weighted by molar-refractivity contribution is -0.118. The van der Waals surface area contributed by atoms with Crippen LogP contribution in [0, 0.1) is 0 Å². The summed E-state index contributed by atoms with van der Waals surface area (Å²) in [5, 5.41) is 3.13. The van der Waals surface area contributed by atoms with Crippen molar-refractivity contribution in [3.8, 4) is 34.3 Å². The van der Waals surface area contributed by atoms with Crippen molar-refractivity contribution in [3.63, 3.8) is 0 Å². The van der Waals surface area contributed by atoms with E-state index in [1.807, 2.05) is 13.0 Å². The van der Waals surface area contributed by atoms with Crippen molar-refractivity contribution in [2.75, 3.05) is 33.3 Å². The second-order valence-corrected chi connectivity index (χ2v) is 7.91. The highest BCUT2D eigenvalue weighted by atomic mass is 16.5. The number of amides is 1. The molecule has 0 spiro atoms. The molecular formula is C28H27NO7. The normalized spacial score (nSPS) is 10.7. The van der Waals surface area contributed by atoms with Gasteiger partial charge in [-0.05, 0) is 60.5 Å². The summed E-state index contributed by atoms with van der Waals surface area (Å²) in [6, 6.07) is 17.5. The summed E-state index contributed by atoms with van der Waals surface area (Å²) in [7, 11) is 4.61. The number of fused-ring (bicyclic) bond motifs is 1. The summed E-state index contributed by atoms with van der Waals surface area (Å²) in [4.78, 5) is 26.2. The number of rotatable bonds is 9. The topological polar surface area (TPSA) is 96.2 Å². The first kappa shape index (κ1) is 24.7. The number of nitrogens with one attached hydrogen (secondary N) is 1. The summed E-state index contributed by atoms with van der Waals surface area (Å²) >= 11 is 0. The Morgan fingerprint density at radius 1 is 0.889 bits per heavy atom. The average Bonchev–Trinajstić information content (AvgIpc) is 2.92. The summed E-state index contributed by atoms with van der Waals surface area (Å²) in [5.74, 6) is 1.39. The Hall–Kier alpha value is -4.46. The van der Waals surface area contributed by atoms with Gasteiger partial charge < -0.3 is 28.7 Å². The summed E-state index contributed by atoms with van der Waals surface area (Å²) in [5.41, 5.74) is 2.12. The van der Waals surface area contributed by atoms with Gasteiger partial charge in [0.1, 0.15) is 22.8 Å². The average molecular weight is 490 g/mol. The fraction of sp³-hybridized carbons (Fsp3) is 0.214. The number of methoxy groups -OCH3 is 3. The molecule has 0 saturated carbocycles. The molecule has 186 valence electrons. The van der Waals surface area contributed by atoms with E-state index < -0.39 is 12.5 Å².